The van der Waals surface area contributed by atoms with Crippen LogP contribution in [0.3, 0.4) is 0 Å². The molecule has 1 aromatic carbocycles. The van der Waals surface area contributed by atoms with Crippen LogP contribution in [0.4, 0.5) is 10.5 Å². The lowest BCUT2D eigenvalue weighted by Gasteiger charge is -2.12. The third-order valence-electron chi connectivity index (χ3n) is 3.06. The highest BCUT2D eigenvalue weighted by Gasteiger charge is 2.13. The van der Waals surface area contributed by atoms with Crippen LogP contribution in [-0.4, -0.2) is 23.7 Å². The third kappa shape index (κ3) is 4.91. The summed E-state index contributed by atoms with van der Waals surface area (Å²) in [5, 5.41) is 14.5. The highest BCUT2D eigenvalue weighted by molar-refractivity contribution is 6.00. The normalized spacial score (nSPS) is 10.1. The van der Waals surface area contributed by atoms with E-state index in [1.807, 2.05) is 0 Å². The van der Waals surface area contributed by atoms with Crippen molar-refractivity contribution in [3.63, 3.8) is 0 Å². The average molecular weight is 278 g/mol. The van der Waals surface area contributed by atoms with Crippen molar-refractivity contribution in [1.82, 2.24) is 5.32 Å². The van der Waals surface area contributed by atoms with E-state index in [1.54, 1.807) is 19.1 Å². The fraction of sp³-hybridized carbons (Fsp3) is 0.467. The summed E-state index contributed by atoms with van der Waals surface area (Å²) in [4.78, 5) is 22.9. The van der Waals surface area contributed by atoms with Crippen LogP contribution in [-0.2, 0) is 0 Å². The topological polar surface area (TPSA) is 78.4 Å². The van der Waals surface area contributed by atoms with Crippen LogP contribution in [0.1, 0.15) is 48.5 Å². The van der Waals surface area contributed by atoms with Crippen molar-refractivity contribution in [3.8, 4) is 0 Å². The average Bonchev–Trinajstić information content (AvgIpc) is 2.40. The lowest BCUT2D eigenvalue weighted by atomic mass is 10.1. The number of urea groups is 1. The van der Waals surface area contributed by atoms with E-state index >= 15 is 0 Å². The van der Waals surface area contributed by atoms with Crippen LogP contribution >= 0.6 is 0 Å². The number of aryl methyl sites for hydroxylation is 1. The fourth-order valence-corrected chi connectivity index (χ4v) is 1.92. The quantitative estimate of drug-likeness (QED) is 0.669. The number of aromatic carboxylic acids is 1. The Morgan fingerprint density at radius 3 is 2.60 bits per heavy atom. The van der Waals surface area contributed by atoms with Gasteiger partial charge in [-0.3, -0.25) is 0 Å². The third-order valence-corrected chi connectivity index (χ3v) is 3.06. The minimum Gasteiger partial charge on any atom is -0.478 e. The number of carbonyl (C=O) groups excluding carboxylic acids is 1. The van der Waals surface area contributed by atoms with Gasteiger partial charge in [0, 0.05) is 6.54 Å². The number of carboxylic acid groups (broad SMARTS) is 1. The van der Waals surface area contributed by atoms with E-state index in [-0.39, 0.29) is 11.6 Å². The molecule has 0 atom stereocenters. The van der Waals surface area contributed by atoms with Crippen LogP contribution in [0.25, 0.3) is 0 Å². The Kier molecular flexibility index (Phi) is 6.56. The highest BCUT2D eigenvalue weighted by atomic mass is 16.4. The van der Waals surface area contributed by atoms with Crippen molar-refractivity contribution in [3.05, 3.63) is 29.3 Å². The molecule has 1 aromatic rings. The first-order valence-corrected chi connectivity index (χ1v) is 6.94. The minimum atomic E-state index is -1.05. The molecule has 20 heavy (non-hydrogen) atoms. The summed E-state index contributed by atoms with van der Waals surface area (Å²) in [6, 6.07) is 4.54. The van der Waals surface area contributed by atoms with Gasteiger partial charge in [0.2, 0.25) is 0 Å². The van der Waals surface area contributed by atoms with Crippen molar-refractivity contribution in [1.29, 1.82) is 0 Å². The van der Waals surface area contributed by atoms with Gasteiger partial charge in [-0.1, -0.05) is 38.3 Å². The highest BCUT2D eigenvalue weighted by Crippen LogP contribution is 2.20. The summed E-state index contributed by atoms with van der Waals surface area (Å²) in [6.45, 7) is 4.50. The molecule has 0 spiro atoms. The molecule has 0 saturated carbocycles. The molecule has 0 fully saturated rings. The summed E-state index contributed by atoms with van der Waals surface area (Å²) in [5.74, 6) is -1.05. The number of carbonyl (C=O) groups is 2. The van der Waals surface area contributed by atoms with Crippen molar-refractivity contribution in [2.45, 2.75) is 39.5 Å². The Hall–Kier alpha value is -2.04. The molecule has 5 heteroatoms. The maximum atomic E-state index is 11.8. The number of carboxylic acids is 1. The Morgan fingerprint density at radius 1 is 1.20 bits per heavy atom. The van der Waals surface area contributed by atoms with E-state index in [9.17, 15) is 9.59 Å². The molecule has 0 aliphatic carbocycles. The molecular weight excluding hydrogens is 256 g/mol. The van der Waals surface area contributed by atoms with Crippen molar-refractivity contribution in [2.24, 2.45) is 0 Å². The Labute approximate surface area is 119 Å². The molecule has 2 amide bonds. The zero-order valence-corrected chi connectivity index (χ0v) is 12.0. The predicted molar refractivity (Wildman–Crippen MR) is 79.3 cm³/mol. The molecule has 0 aliphatic heterocycles. The van der Waals surface area contributed by atoms with Crippen LogP contribution in [0.5, 0.6) is 0 Å². The lowest BCUT2D eigenvalue weighted by molar-refractivity contribution is 0.0698. The van der Waals surface area contributed by atoms with Gasteiger partial charge in [0.15, 0.2) is 0 Å². The van der Waals surface area contributed by atoms with E-state index in [1.165, 1.54) is 6.07 Å². The number of unbranched alkanes of at least 4 members (excludes halogenated alkanes) is 3. The number of anilines is 1. The summed E-state index contributed by atoms with van der Waals surface area (Å²) in [6.07, 6.45) is 4.32. The van der Waals surface area contributed by atoms with Gasteiger partial charge in [0.05, 0.1) is 11.3 Å². The van der Waals surface area contributed by atoms with E-state index in [4.69, 9.17) is 5.11 Å². The summed E-state index contributed by atoms with van der Waals surface area (Å²) >= 11 is 0. The standard InChI is InChI=1S/C15H22N2O3/c1-3-4-5-6-10-16-15(20)17-13-11(2)8-7-9-12(13)14(18)19/h7-9H,3-6,10H2,1-2H3,(H,18,19)(H2,16,17,20). The molecule has 5 nitrogen and oxygen atoms in total. The molecule has 1 rings (SSSR count). The van der Waals surface area contributed by atoms with Gasteiger partial charge in [-0.15, -0.1) is 0 Å². The van der Waals surface area contributed by atoms with Crippen LogP contribution in [0.15, 0.2) is 18.2 Å². The van der Waals surface area contributed by atoms with Gasteiger partial charge < -0.3 is 15.7 Å². The maximum Gasteiger partial charge on any atom is 0.337 e. The summed E-state index contributed by atoms with van der Waals surface area (Å²) in [5.41, 5.74) is 1.18. The van der Waals surface area contributed by atoms with Crippen LogP contribution < -0.4 is 10.6 Å². The minimum absolute atomic E-state index is 0.103. The predicted octanol–water partition coefficient (Wildman–Crippen LogP) is 3.40. The molecule has 0 bridgehead atoms. The molecule has 3 N–H and O–H groups in total. The first-order valence-electron chi connectivity index (χ1n) is 6.94. The van der Waals surface area contributed by atoms with E-state index in [0.717, 1.165) is 31.2 Å². The molecule has 0 saturated heterocycles. The Balaban J connectivity index is 2.55. The van der Waals surface area contributed by atoms with Crippen LogP contribution in [0.2, 0.25) is 0 Å². The monoisotopic (exact) mass is 278 g/mol. The van der Waals surface area contributed by atoms with Gasteiger partial charge in [-0.25, -0.2) is 9.59 Å². The Morgan fingerprint density at radius 2 is 1.95 bits per heavy atom. The molecule has 0 aromatic heterocycles. The largest absolute Gasteiger partial charge is 0.478 e. The number of hydrogen-bond acceptors (Lipinski definition) is 2. The second kappa shape index (κ2) is 8.19. The number of para-hydroxylation sites is 1. The van der Waals surface area contributed by atoms with Gasteiger partial charge in [-0.05, 0) is 25.0 Å². The number of nitrogens with one attached hydrogen (secondary N) is 2. The van der Waals surface area contributed by atoms with Gasteiger partial charge in [0.25, 0.3) is 0 Å². The zero-order valence-electron chi connectivity index (χ0n) is 12.0. The first kappa shape index (κ1) is 16.0. The molecule has 0 radical (unpaired) electrons. The fourth-order valence-electron chi connectivity index (χ4n) is 1.92. The zero-order chi connectivity index (χ0) is 15.0. The summed E-state index contributed by atoms with van der Waals surface area (Å²) in [7, 11) is 0. The molecule has 0 heterocycles. The molecule has 110 valence electrons. The van der Waals surface area contributed by atoms with E-state index in [2.05, 4.69) is 17.6 Å². The van der Waals surface area contributed by atoms with Gasteiger partial charge >= 0.3 is 12.0 Å². The SMILES string of the molecule is CCCCCCNC(=O)Nc1c(C)cccc1C(=O)O. The van der Waals surface area contributed by atoms with Gasteiger partial charge in [0.1, 0.15) is 0 Å². The van der Waals surface area contributed by atoms with Crippen molar-refractivity contribution >= 4 is 17.7 Å². The smallest absolute Gasteiger partial charge is 0.337 e. The maximum absolute atomic E-state index is 11.8. The summed E-state index contributed by atoms with van der Waals surface area (Å²) < 4.78 is 0. The second-order valence-electron chi connectivity index (χ2n) is 4.74. The van der Waals surface area contributed by atoms with Crippen molar-refractivity contribution < 1.29 is 14.7 Å². The van der Waals surface area contributed by atoms with Crippen molar-refractivity contribution in [2.75, 3.05) is 11.9 Å². The molecular formula is C15H22N2O3. The number of hydrogen-bond donors (Lipinski definition) is 3. The van der Waals surface area contributed by atoms with E-state index < -0.39 is 5.97 Å². The van der Waals surface area contributed by atoms with Crippen LogP contribution in [0, 0.1) is 6.92 Å². The number of rotatable bonds is 7. The van der Waals surface area contributed by atoms with E-state index in [0.29, 0.717) is 12.2 Å². The lowest BCUT2D eigenvalue weighted by Crippen LogP contribution is -2.30. The molecule has 0 aliphatic rings. The number of benzene rings is 1. The molecule has 0 unspecified atom stereocenters. The second-order valence-corrected chi connectivity index (χ2v) is 4.74. The Bertz CT molecular complexity index is 472. The van der Waals surface area contributed by atoms with Gasteiger partial charge in [-0.2, -0.15) is 0 Å². The first-order chi connectivity index (χ1) is 9.56. The number of amides is 2.